The molecule has 0 aliphatic carbocycles. The van der Waals surface area contributed by atoms with E-state index in [1.807, 2.05) is 43.8 Å². The zero-order valence-electron chi connectivity index (χ0n) is 20.4. The third-order valence-electron chi connectivity index (χ3n) is 5.16. The van der Waals surface area contributed by atoms with Gasteiger partial charge in [-0.15, -0.1) is 0 Å². The second-order valence-electron chi connectivity index (χ2n) is 7.66. The van der Waals surface area contributed by atoms with E-state index in [1.54, 1.807) is 0 Å². The lowest BCUT2D eigenvalue weighted by Crippen LogP contribution is -2.06. The van der Waals surface area contributed by atoms with Crippen molar-refractivity contribution in [2.75, 3.05) is 19.4 Å². The van der Waals surface area contributed by atoms with Gasteiger partial charge < -0.3 is 20.6 Å². The second-order valence-corrected chi connectivity index (χ2v) is 7.66. The number of nitrogens with zero attached hydrogens (tertiary/aromatic N) is 5. The lowest BCUT2D eigenvalue weighted by Gasteiger charge is -2.08. The molecule has 0 amide bonds. The number of hydrogen-bond donors (Lipinski definition) is 2. The molecule has 182 valence electrons. The Morgan fingerprint density at radius 1 is 1.14 bits per heavy atom. The van der Waals surface area contributed by atoms with Gasteiger partial charge in [-0.2, -0.15) is 5.10 Å². The van der Waals surface area contributed by atoms with Crippen LogP contribution in [-0.2, 0) is 17.9 Å². The van der Waals surface area contributed by atoms with Crippen LogP contribution < -0.4 is 15.8 Å². The highest BCUT2D eigenvalue weighted by atomic mass is 16.5. The molecule has 9 heteroatoms. The summed E-state index contributed by atoms with van der Waals surface area (Å²) in [6.45, 7) is 9.35. The molecule has 0 bridgehead atoms. The fraction of sp³-hybridized carbons (Fsp3) is 0.269. The molecule has 35 heavy (non-hydrogen) atoms. The van der Waals surface area contributed by atoms with Crippen LogP contribution in [0.2, 0.25) is 0 Å². The fourth-order valence-electron chi connectivity index (χ4n) is 3.55. The van der Waals surface area contributed by atoms with E-state index in [4.69, 9.17) is 15.6 Å². The molecular formula is C26H31N7O2. The Hall–Kier alpha value is -4.11. The van der Waals surface area contributed by atoms with Crippen molar-refractivity contribution in [1.29, 1.82) is 0 Å². The Morgan fingerprint density at radius 3 is 2.49 bits per heavy atom. The number of fused-ring (bicyclic) bond motifs is 1. The Bertz CT molecular complexity index is 1280. The van der Waals surface area contributed by atoms with Crippen LogP contribution in [0.15, 0.2) is 53.8 Å². The van der Waals surface area contributed by atoms with Crippen LogP contribution in [-0.4, -0.2) is 46.4 Å². The van der Waals surface area contributed by atoms with Crippen LogP contribution in [0.1, 0.15) is 31.4 Å². The van der Waals surface area contributed by atoms with E-state index in [1.165, 1.54) is 11.9 Å². The third-order valence-corrected chi connectivity index (χ3v) is 5.16. The molecule has 4 rings (SSSR count). The number of nitrogens with two attached hydrogens (primary N) is 1. The monoisotopic (exact) mass is 473 g/mol. The lowest BCUT2D eigenvalue weighted by atomic mass is 10.1. The van der Waals surface area contributed by atoms with Crippen LogP contribution in [0, 0.1) is 0 Å². The third kappa shape index (κ3) is 6.07. The van der Waals surface area contributed by atoms with Crippen molar-refractivity contribution in [2.45, 2.75) is 33.4 Å². The first-order chi connectivity index (χ1) is 17.1. The molecule has 2 aromatic carbocycles. The summed E-state index contributed by atoms with van der Waals surface area (Å²) >= 11 is 0. The van der Waals surface area contributed by atoms with Crippen molar-refractivity contribution in [3.05, 3.63) is 59.9 Å². The summed E-state index contributed by atoms with van der Waals surface area (Å²) in [5, 5.41) is 8.72. The first kappa shape index (κ1) is 25.5. The number of benzene rings is 2. The topological polar surface area (TPSA) is 120 Å². The predicted octanol–water partition coefficient (Wildman–Crippen LogP) is 4.17. The molecule has 3 N–H and O–H groups in total. The molecule has 9 nitrogen and oxygen atoms in total. The van der Waals surface area contributed by atoms with E-state index < -0.39 is 0 Å². The molecule has 2 aromatic heterocycles. The summed E-state index contributed by atoms with van der Waals surface area (Å²) < 4.78 is 7.48. The molecule has 0 radical (unpaired) electrons. The van der Waals surface area contributed by atoms with E-state index in [9.17, 15) is 4.79 Å². The number of carbonyl (C=O) groups excluding carboxylic acids is 1. The maximum absolute atomic E-state index is 9.17. The molecule has 2 heterocycles. The molecule has 0 unspecified atom stereocenters. The number of aliphatic imine (C=N–C) groups is 1. The van der Waals surface area contributed by atoms with E-state index >= 15 is 0 Å². The molecule has 0 saturated heterocycles. The Morgan fingerprint density at radius 2 is 1.86 bits per heavy atom. The van der Waals surface area contributed by atoms with Crippen LogP contribution in [0.5, 0.6) is 5.75 Å². The van der Waals surface area contributed by atoms with Gasteiger partial charge in [-0.25, -0.2) is 14.6 Å². The van der Waals surface area contributed by atoms with Crippen molar-refractivity contribution in [3.8, 4) is 17.0 Å². The zero-order chi connectivity index (χ0) is 25.2. The maximum atomic E-state index is 9.17. The van der Waals surface area contributed by atoms with Gasteiger partial charge in [0.25, 0.3) is 0 Å². The SMILES string of the molecule is C=Nc1cc(-c2nn(Cc3ccc(CNC)cc3)c3ncnc(N)c23)ccc1OCC.CCC=O. The number of hydrogen-bond acceptors (Lipinski definition) is 8. The highest BCUT2D eigenvalue weighted by Crippen LogP contribution is 2.36. The summed E-state index contributed by atoms with van der Waals surface area (Å²) in [4.78, 5) is 21.9. The standard InChI is InChI=1S/C23H25N7O.C3H6O/c1-4-31-19-10-9-17(11-18(19)26-3)21-20-22(24)27-14-28-23(20)30(29-21)13-16-7-5-15(6-8-16)12-25-2;1-2-3-4/h5-11,14,25H,3-4,12-13H2,1-2H3,(H2,24,27,28);3H,2H2,1H3. The molecule has 0 saturated carbocycles. The van der Waals surface area contributed by atoms with Gasteiger partial charge in [-0.1, -0.05) is 31.2 Å². The van der Waals surface area contributed by atoms with Gasteiger partial charge in [-0.3, -0.25) is 4.99 Å². The maximum Gasteiger partial charge on any atom is 0.164 e. The highest BCUT2D eigenvalue weighted by Gasteiger charge is 2.18. The summed E-state index contributed by atoms with van der Waals surface area (Å²) in [6.07, 6.45) is 2.98. The zero-order valence-corrected chi connectivity index (χ0v) is 20.4. The first-order valence-corrected chi connectivity index (χ1v) is 11.4. The molecule has 0 atom stereocenters. The van der Waals surface area contributed by atoms with Gasteiger partial charge in [0.15, 0.2) is 5.65 Å². The number of carbonyl (C=O) groups is 1. The van der Waals surface area contributed by atoms with Crippen LogP contribution in [0.3, 0.4) is 0 Å². The lowest BCUT2D eigenvalue weighted by molar-refractivity contribution is -0.107. The minimum Gasteiger partial charge on any atom is -0.492 e. The molecular weight excluding hydrogens is 442 g/mol. The highest BCUT2D eigenvalue weighted by molar-refractivity contribution is 5.98. The minimum absolute atomic E-state index is 0.387. The molecule has 0 aliphatic rings. The van der Waals surface area contributed by atoms with Crippen LogP contribution in [0.4, 0.5) is 11.5 Å². The quantitative estimate of drug-likeness (QED) is 0.276. The summed E-state index contributed by atoms with van der Waals surface area (Å²) in [5.74, 6) is 1.06. The molecule has 4 aromatic rings. The van der Waals surface area contributed by atoms with Crippen molar-refractivity contribution in [2.24, 2.45) is 4.99 Å². The number of nitrogen functional groups attached to an aromatic ring is 1. The number of ether oxygens (including phenoxy) is 1. The van der Waals surface area contributed by atoms with E-state index in [0.717, 1.165) is 24.0 Å². The number of aromatic nitrogens is 4. The normalized spacial score (nSPS) is 10.5. The van der Waals surface area contributed by atoms with Crippen molar-refractivity contribution < 1.29 is 9.53 Å². The number of nitrogens with one attached hydrogen (secondary N) is 1. The van der Waals surface area contributed by atoms with Crippen molar-refractivity contribution in [1.82, 2.24) is 25.1 Å². The van der Waals surface area contributed by atoms with Crippen molar-refractivity contribution in [3.63, 3.8) is 0 Å². The number of anilines is 1. The minimum atomic E-state index is 0.387. The summed E-state index contributed by atoms with van der Waals surface area (Å²) in [7, 11) is 1.93. The summed E-state index contributed by atoms with van der Waals surface area (Å²) in [6, 6.07) is 14.1. The molecule has 0 spiro atoms. The van der Waals surface area contributed by atoms with Crippen LogP contribution in [0.25, 0.3) is 22.3 Å². The largest absolute Gasteiger partial charge is 0.492 e. The molecule has 0 aliphatic heterocycles. The summed E-state index contributed by atoms with van der Waals surface area (Å²) in [5.41, 5.74) is 11.5. The predicted molar refractivity (Wildman–Crippen MR) is 140 cm³/mol. The second kappa shape index (κ2) is 12.4. The van der Waals surface area contributed by atoms with E-state index in [2.05, 4.69) is 51.3 Å². The van der Waals surface area contributed by atoms with E-state index in [0.29, 0.717) is 53.6 Å². The van der Waals surface area contributed by atoms with Gasteiger partial charge in [0.1, 0.15) is 35.6 Å². The van der Waals surface area contributed by atoms with Gasteiger partial charge in [0, 0.05) is 18.5 Å². The van der Waals surface area contributed by atoms with Gasteiger partial charge in [-0.05, 0) is 50.0 Å². The smallest absolute Gasteiger partial charge is 0.164 e. The van der Waals surface area contributed by atoms with Gasteiger partial charge in [0.05, 0.1) is 18.5 Å². The van der Waals surface area contributed by atoms with E-state index in [-0.39, 0.29) is 0 Å². The van der Waals surface area contributed by atoms with Crippen LogP contribution >= 0.6 is 0 Å². The Labute approximate surface area is 205 Å². The first-order valence-electron chi connectivity index (χ1n) is 11.4. The number of rotatable bonds is 9. The molecule has 0 fully saturated rings. The van der Waals surface area contributed by atoms with Crippen molar-refractivity contribution >= 4 is 35.5 Å². The Kier molecular flexibility index (Phi) is 9.02. The average molecular weight is 474 g/mol. The van der Waals surface area contributed by atoms with Gasteiger partial charge >= 0.3 is 0 Å². The number of aldehydes is 1. The Balaban J connectivity index is 0.000000795. The fourth-order valence-corrected chi connectivity index (χ4v) is 3.55. The van der Waals surface area contributed by atoms with Gasteiger partial charge in [0.2, 0.25) is 0 Å². The average Bonchev–Trinajstić information content (AvgIpc) is 3.25.